The lowest BCUT2D eigenvalue weighted by atomic mass is 9.93. The fourth-order valence-electron chi connectivity index (χ4n) is 2.15. The van der Waals surface area contributed by atoms with Crippen LogP contribution in [0.25, 0.3) is 0 Å². The van der Waals surface area contributed by atoms with Crippen LogP contribution in [0.2, 0.25) is 0 Å². The van der Waals surface area contributed by atoms with Gasteiger partial charge in [0.2, 0.25) is 0 Å². The lowest BCUT2D eigenvalue weighted by molar-refractivity contribution is -0.126. The van der Waals surface area contributed by atoms with Crippen molar-refractivity contribution in [3.05, 3.63) is 0 Å². The molecule has 2 bridgehead atoms. The second kappa shape index (κ2) is 3.90. The van der Waals surface area contributed by atoms with Gasteiger partial charge in [0.05, 0.1) is 5.54 Å². The Kier molecular flexibility index (Phi) is 3.27. The number of alkyl halides is 1. The number of halogens is 2. The maximum absolute atomic E-state index is 12.2. The summed E-state index contributed by atoms with van der Waals surface area (Å²) in [5.74, 6) is -0.294. The van der Waals surface area contributed by atoms with Gasteiger partial charge in [-0.25, -0.2) is 4.39 Å². The molecule has 2 heterocycles. The van der Waals surface area contributed by atoms with Crippen LogP contribution in [0.5, 0.6) is 0 Å². The molecule has 0 aromatic rings. The number of hydrogen-bond acceptors (Lipinski definition) is 3. The van der Waals surface area contributed by atoms with Gasteiger partial charge in [-0.15, -0.1) is 12.4 Å². The zero-order valence-electron chi connectivity index (χ0n) is 7.31. The molecule has 0 spiro atoms. The molecule has 76 valence electrons. The Labute approximate surface area is 82.9 Å². The van der Waals surface area contributed by atoms with Crippen LogP contribution in [0.15, 0.2) is 0 Å². The standard InChI is InChI=1S/C8H13FN2O.ClH/c9-3-7(12)8-2-1-6(11-8)4-10-5-8;/h6,10-11H,1-5H2;1H. The summed E-state index contributed by atoms with van der Waals surface area (Å²) in [5, 5.41) is 6.36. The summed E-state index contributed by atoms with van der Waals surface area (Å²) < 4.78 is 12.2. The van der Waals surface area contributed by atoms with E-state index in [0.29, 0.717) is 12.6 Å². The molecular formula is C8H14ClFN2O. The van der Waals surface area contributed by atoms with Gasteiger partial charge >= 0.3 is 0 Å². The molecule has 0 aliphatic carbocycles. The smallest absolute Gasteiger partial charge is 0.185 e. The van der Waals surface area contributed by atoms with E-state index in [1.807, 2.05) is 0 Å². The second-order valence-corrected chi connectivity index (χ2v) is 3.65. The summed E-state index contributed by atoms with van der Waals surface area (Å²) in [7, 11) is 0. The van der Waals surface area contributed by atoms with Gasteiger partial charge < -0.3 is 5.32 Å². The molecular weight excluding hydrogens is 195 g/mol. The molecule has 2 aliphatic heterocycles. The Bertz CT molecular complexity index is 210. The number of hydrogen-bond donors (Lipinski definition) is 2. The van der Waals surface area contributed by atoms with Crippen LogP contribution in [-0.2, 0) is 4.79 Å². The lowest BCUT2D eigenvalue weighted by Gasteiger charge is -2.32. The third-order valence-electron chi connectivity index (χ3n) is 2.87. The third kappa shape index (κ3) is 1.71. The lowest BCUT2D eigenvalue weighted by Crippen LogP contribution is -2.62. The molecule has 0 saturated carbocycles. The zero-order valence-corrected chi connectivity index (χ0v) is 8.12. The predicted molar refractivity (Wildman–Crippen MR) is 50.0 cm³/mol. The van der Waals surface area contributed by atoms with Gasteiger partial charge in [0.1, 0.15) is 6.67 Å². The van der Waals surface area contributed by atoms with E-state index < -0.39 is 12.2 Å². The Hall–Kier alpha value is -0.190. The van der Waals surface area contributed by atoms with Crippen molar-refractivity contribution in [1.82, 2.24) is 10.6 Å². The molecule has 0 amide bonds. The van der Waals surface area contributed by atoms with E-state index in [1.165, 1.54) is 0 Å². The minimum absolute atomic E-state index is 0. The van der Waals surface area contributed by atoms with Crippen LogP contribution in [0.4, 0.5) is 4.39 Å². The monoisotopic (exact) mass is 208 g/mol. The van der Waals surface area contributed by atoms with E-state index in [0.717, 1.165) is 19.4 Å². The number of nitrogens with one attached hydrogen (secondary N) is 2. The number of piperazine rings is 1. The van der Waals surface area contributed by atoms with E-state index in [1.54, 1.807) is 0 Å². The molecule has 2 N–H and O–H groups in total. The highest BCUT2D eigenvalue weighted by Gasteiger charge is 2.46. The zero-order chi connectivity index (χ0) is 8.60. The molecule has 2 unspecified atom stereocenters. The van der Waals surface area contributed by atoms with Gasteiger partial charge in [-0.05, 0) is 12.8 Å². The van der Waals surface area contributed by atoms with E-state index in [9.17, 15) is 9.18 Å². The summed E-state index contributed by atoms with van der Waals surface area (Å²) in [6.07, 6.45) is 1.77. The molecule has 2 rings (SSSR count). The number of carbonyl (C=O) groups is 1. The normalized spacial score (nSPS) is 36.8. The Morgan fingerprint density at radius 2 is 2.38 bits per heavy atom. The van der Waals surface area contributed by atoms with Crippen LogP contribution in [0.3, 0.4) is 0 Å². The summed E-state index contributed by atoms with van der Waals surface area (Å²) in [4.78, 5) is 11.3. The molecule has 3 nitrogen and oxygen atoms in total. The molecule has 2 atom stereocenters. The highest BCUT2D eigenvalue weighted by Crippen LogP contribution is 2.26. The number of carbonyl (C=O) groups excluding carboxylic acids is 1. The van der Waals surface area contributed by atoms with Crippen LogP contribution in [-0.4, -0.2) is 37.1 Å². The minimum atomic E-state index is -0.846. The third-order valence-corrected chi connectivity index (χ3v) is 2.87. The van der Waals surface area contributed by atoms with E-state index >= 15 is 0 Å². The average Bonchev–Trinajstić information content (AvgIpc) is 2.42. The van der Waals surface area contributed by atoms with Crippen molar-refractivity contribution in [3.63, 3.8) is 0 Å². The van der Waals surface area contributed by atoms with E-state index in [4.69, 9.17) is 0 Å². The first kappa shape index (κ1) is 10.9. The first-order valence-electron chi connectivity index (χ1n) is 4.34. The molecule has 2 fully saturated rings. The largest absolute Gasteiger partial charge is 0.313 e. The molecule has 5 heteroatoms. The van der Waals surface area contributed by atoms with Gasteiger partial charge in [0.15, 0.2) is 5.78 Å². The van der Waals surface area contributed by atoms with Crippen molar-refractivity contribution in [1.29, 1.82) is 0 Å². The van der Waals surface area contributed by atoms with Crippen LogP contribution >= 0.6 is 12.4 Å². The molecule has 2 aliphatic rings. The van der Waals surface area contributed by atoms with Gasteiger partial charge in [0, 0.05) is 19.1 Å². The van der Waals surface area contributed by atoms with Crippen molar-refractivity contribution in [2.45, 2.75) is 24.4 Å². The van der Waals surface area contributed by atoms with Gasteiger partial charge in [-0.3, -0.25) is 10.1 Å². The van der Waals surface area contributed by atoms with E-state index in [-0.39, 0.29) is 18.2 Å². The highest BCUT2D eigenvalue weighted by atomic mass is 35.5. The van der Waals surface area contributed by atoms with Crippen molar-refractivity contribution >= 4 is 18.2 Å². The van der Waals surface area contributed by atoms with Crippen molar-refractivity contribution in [2.24, 2.45) is 0 Å². The van der Waals surface area contributed by atoms with Crippen LogP contribution < -0.4 is 10.6 Å². The summed E-state index contributed by atoms with van der Waals surface area (Å²) >= 11 is 0. The van der Waals surface area contributed by atoms with Crippen LogP contribution in [0, 0.1) is 0 Å². The molecule has 13 heavy (non-hydrogen) atoms. The predicted octanol–water partition coefficient (Wildman–Crippen LogP) is 0.0408. The first-order valence-corrected chi connectivity index (χ1v) is 4.34. The fourth-order valence-corrected chi connectivity index (χ4v) is 2.15. The highest BCUT2D eigenvalue weighted by molar-refractivity contribution is 5.90. The second-order valence-electron chi connectivity index (χ2n) is 3.65. The Balaban J connectivity index is 0.000000845. The Morgan fingerprint density at radius 1 is 1.62 bits per heavy atom. The summed E-state index contributed by atoms with van der Waals surface area (Å²) in [5.41, 5.74) is -0.572. The molecule has 0 aromatic carbocycles. The van der Waals surface area contributed by atoms with Crippen molar-refractivity contribution in [2.75, 3.05) is 19.8 Å². The minimum Gasteiger partial charge on any atom is -0.313 e. The average molecular weight is 209 g/mol. The summed E-state index contributed by atoms with van der Waals surface area (Å²) in [6.45, 7) is 0.648. The number of Topliss-reactive ketones (excluding diaryl/α,β-unsaturated/α-hetero) is 1. The van der Waals surface area contributed by atoms with E-state index in [2.05, 4.69) is 10.6 Å². The Morgan fingerprint density at radius 3 is 3.08 bits per heavy atom. The van der Waals surface area contributed by atoms with Crippen LogP contribution in [0.1, 0.15) is 12.8 Å². The first-order chi connectivity index (χ1) is 5.77. The SMILES string of the molecule is Cl.O=C(CF)C12CCC(CNC1)N2. The topological polar surface area (TPSA) is 41.1 Å². The molecule has 0 radical (unpaired) electrons. The fraction of sp³-hybridized carbons (Fsp3) is 0.875. The molecule has 0 aromatic heterocycles. The molecule has 2 saturated heterocycles. The maximum Gasteiger partial charge on any atom is 0.185 e. The van der Waals surface area contributed by atoms with Gasteiger partial charge in [0.25, 0.3) is 0 Å². The quantitative estimate of drug-likeness (QED) is 0.674. The van der Waals surface area contributed by atoms with Crippen molar-refractivity contribution < 1.29 is 9.18 Å². The summed E-state index contributed by atoms with van der Waals surface area (Å²) in [6, 6.07) is 0.370. The maximum atomic E-state index is 12.2. The number of fused-ring (bicyclic) bond motifs is 2. The number of ketones is 1. The van der Waals surface area contributed by atoms with Crippen molar-refractivity contribution in [3.8, 4) is 0 Å². The number of rotatable bonds is 2. The van der Waals surface area contributed by atoms with Gasteiger partial charge in [-0.1, -0.05) is 0 Å². The van der Waals surface area contributed by atoms with Gasteiger partial charge in [-0.2, -0.15) is 0 Å².